The van der Waals surface area contributed by atoms with Crippen molar-refractivity contribution in [1.29, 1.82) is 0 Å². The van der Waals surface area contributed by atoms with Crippen LogP contribution in [0.1, 0.15) is 18.0 Å². The Bertz CT molecular complexity index is 294. The van der Waals surface area contributed by atoms with Crippen LogP contribution in [0, 0.1) is 0 Å². The van der Waals surface area contributed by atoms with Gasteiger partial charge in [0.25, 0.3) is 0 Å². The van der Waals surface area contributed by atoms with E-state index in [0.29, 0.717) is 12.5 Å². The SMILES string of the molecule is CN1C(=O)C[C@H]1c1ccccc1. The van der Waals surface area contributed by atoms with Gasteiger partial charge in [-0.2, -0.15) is 0 Å². The van der Waals surface area contributed by atoms with Gasteiger partial charge >= 0.3 is 0 Å². The highest BCUT2D eigenvalue weighted by molar-refractivity contribution is 5.83. The first-order chi connectivity index (χ1) is 5.79. The van der Waals surface area contributed by atoms with Gasteiger partial charge in [0.15, 0.2) is 0 Å². The monoisotopic (exact) mass is 161 g/mol. The lowest BCUT2D eigenvalue weighted by atomic mass is 9.95. The van der Waals surface area contributed by atoms with Crippen LogP contribution in [0.4, 0.5) is 0 Å². The van der Waals surface area contributed by atoms with Gasteiger partial charge in [-0.05, 0) is 5.56 Å². The minimum Gasteiger partial charge on any atom is -0.338 e. The van der Waals surface area contributed by atoms with Crippen molar-refractivity contribution in [3.63, 3.8) is 0 Å². The van der Waals surface area contributed by atoms with Crippen LogP contribution in [0.25, 0.3) is 0 Å². The first-order valence-electron chi connectivity index (χ1n) is 4.09. The summed E-state index contributed by atoms with van der Waals surface area (Å²) in [6.07, 6.45) is 0.667. The van der Waals surface area contributed by atoms with Gasteiger partial charge in [0.05, 0.1) is 12.5 Å². The summed E-state index contributed by atoms with van der Waals surface area (Å²) in [5.41, 5.74) is 1.24. The average Bonchev–Trinajstić information content (AvgIpc) is 2.15. The largest absolute Gasteiger partial charge is 0.338 e. The maximum atomic E-state index is 10.9. The van der Waals surface area contributed by atoms with Crippen molar-refractivity contribution in [2.24, 2.45) is 0 Å². The number of hydrogen-bond acceptors (Lipinski definition) is 1. The van der Waals surface area contributed by atoms with Crippen LogP contribution in [0.2, 0.25) is 0 Å². The van der Waals surface area contributed by atoms with Crippen molar-refractivity contribution in [3.8, 4) is 0 Å². The van der Waals surface area contributed by atoms with Crippen LogP contribution in [0.5, 0.6) is 0 Å². The van der Waals surface area contributed by atoms with Gasteiger partial charge in [0.1, 0.15) is 0 Å². The fraction of sp³-hybridized carbons (Fsp3) is 0.300. The summed E-state index contributed by atoms with van der Waals surface area (Å²) in [5, 5.41) is 0. The summed E-state index contributed by atoms with van der Waals surface area (Å²) >= 11 is 0. The maximum absolute atomic E-state index is 10.9. The van der Waals surface area contributed by atoms with Crippen molar-refractivity contribution < 1.29 is 4.79 Å². The molecule has 1 fully saturated rings. The molecule has 0 aromatic heterocycles. The Labute approximate surface area is 71.8 Å². The van der Waals surface area contributed by atoms with Crippen molar-refractivity contribution in [2.45, 2.75) is 12.5 Å². The average molecular weight is 161 g/mol. The molecule has 2 rings (SSSR count). The predicted molar refractivity (Wildman–Crippen MR) is 46.6 cm³/mol. The lowest BCUT2D eigenvalue weighted by Crippen LogP contribution is -2.43. The van der Waals surface area contributed by atoms with Crippen LogP contribution >= 0.6 is 0 Å². The van der Waals surface area contributed by atoms with Gasteiger partial charge in [-0.1, -0.05) is 30.3 Å². The molecule has 1 aliphatic rings. The number of carbonyl (C=O) groups is 1. The van der Waals surface area contributed by atoms with Crippen molar-refractivity contribution in [2.75, 3.05) is 7.05 Å². The second-order valence-corrected chi connectivity index (χ2v) is 3.14. The molecule has 0 saturated carbocycles. The number of benzene rings is 1. The number of likely N-dealkylation sites (tertiary alicyclic amines) is 1. The molecule has 2 nitrogen and oxygen atoms in total. The Morgan fingerprint density at radius 2 is 2.00 bits per heavy atom. The van der Waals surface area contributed by atoms with E-state index in [1.54, 1.807) is 4.90 Å². The summed E-state index contributed by atoms with van der Waals surface area (Å²) < 4.78 is 0. The van der Waals surface area contributed by atoms with E-state index in [9.17, 15) is 4.79 Å². The standard InChI is InChI=1S/C10H11NO/c1-11-9(7-10(11)12)8-5-3-2-4-6-8/h2-6,9H,7H2,1H3/t9-/m0/s1. The molecule has 0 unspecified atom stereocenters. The van der Waals surface area contributed by atoms with Crippen molar-refractivity contribution in [1.82, 2.24) is 4.90 Å². The second kappa shape index (κ2) is 2.63. The predicted octanol–water partition coefficient (Wildman–Crippen LogP) is 1.59. The molecule has 1 aromatic carbocycles. The summed E-state index contributed by atoms with van der Waals surface area (Å²) in [6.45, 7) is 0. The van der Waals surface area contributed by atoms with Crippen LogP contribution in [0.3, 0.4) is 0 Å². The van der Waals surface area contributed by atoms with Gasteiger partial charge in [-0.15, -0.1) is 0 Å². The summed E-state index contributed by atoms with van der Waals surface area (Å²) in [6, 6.07) is 10.4. The van der Waals surface area contributed by atoms with Crippen LogP contribution in [-0.4, -0.2) is 17.9 Å². The van der Waals surface area contributed by atoms with Gasteiger partial charge in [0, 0.05) is 7.05 Å². The molecule has 0 N–H and O–H groups in total. The highest BCUT2D eigenvalue weighted by atomic mass is 16.2. The minimum absolute atomic E-state index is 0.240. The zero-order chi connectivity index (χ0) is 8.55. The van der Waals surface area contributed by atoms with E-state index in [-0.39, 0.29) is 5.91 Å². The third-order valence-corrected chi connectivity index (χ3v) is 2.41. The first kappa shape index (κ1) is 7.35. The molecule has 1 atom stereocenters. The molecule has 2 heteroatoms. The number of hydrogen-bond donors (Lipinski definition) is 0. The Kier molecular flexibility index (Phi) is 1.61. The molecule has 62 valence electrons. The number of amides is 1. The van der Waals surface area contributed by atoms with E-state index in [1.807, 2.05) is 25.2 Å². The van der Waals surface area contributed by atoms with Crippen LogP contribution in [-0.2, 0) is 4.79 Å². The Morgan fingerprint density at radius 3 is 2.50 bits per heavy atom. The molecule has 1 amide bonds. The normalized spacial score (nSPS) is 22.2. The topological polar surface area (TPSA) is 20.3 Å². The fourth-order valence-corrected chi connectivity index (χ4v) is 1.52. The summed E-state index contributed by atoms with van der Waals surface area (Å²) in [7, 11) is 1.85. The highest BCUT2D eigenvalue weighted by Crippen LogP contribution is 2.31. The zero-order valence-corrected chi connectivity index (χ0v) is 7.03. The van der Waals surface area contributed by atoms with Crippen LogP contribution in [0.15, 0.2) is 30.3 Å². The molecule has 0 radical (unpaired) electrons. The molecule has 0 aliphatic carbocycles. The fourth-order valence-electron chi connectivity index (χ4n) is 1.52. The third-order valence-electron chi connectivity index (χ3n) is 2.41. The summed E-state index contributed by atoms with van der Waals surface area (Å²) in [5.74, 6) is 0.240. The molecule has 12 heavy (non-hydrogen) atoms. The Morgan fingerprint density at radius 1 is 1.33 bits per heavy atom. The zero-order valence-electron chi connectivity index (χ0n) is 7.03. The van der Waals surface area contributed by atoms with Gasteiger partial charge in [-0.25, -0.2) is 0 Å². The number of rotatable bonds is 1. The maximum Gasteiger partial charge on any atom is 0.225 e. The number of β-lactam (4-membered cyclic amide) rings is 1. The van der Waals surface area contributed by atoms with Crippen molar-refractivity contribution >= 4 is 5.91 Å². The highest BCUT2D eigenvalue weighted by Gasteiger charge is 2.33. The van der Waals surface area contributed by atoms with Crippen LogP contribution < -0.4 is 0 Å². The van der Waals surface area contributed by atoms with E-state index in [4.69, 9.17) is 0 Å². The molecular weight excluding hydrogens is 150 g/mol. The van der Waals surface area contributed by atoms with Gasteiger partial charge < -0.3 is 4.90 Å². The van der Waals surface area contributed by atoms with Crippen molar-refractivity contribution in [3.05, 3.63) is 35.9 Å². The summed E-state index contributed by atoms with van der Waals surface area (Å²) in [4.78, 5) is 12.7. The molecule has 0 bridgehead atoms. The molecule has 1 heterocycles. The van der Waals surface area contributed by atoms with E-state index >= 15 is 0 Å². The van der Waals surface area contributed by atoms with E-state index < -0.39 is 0 Å². The molecule has 1 saturated heterocycles. The Balaban J connectivity index is 2.18. The molecule has 1 aliphatic heterocycles. The molecular formula is C10H11NO. The second-order valence-electron chi connectivity index (χ2n) is 3.14. The number of nitrogens with zero attached hydrogens (tertiary/aromatic N) is 1. The quantitative estimate of drug-likeness (QED) is 0.573. The lowest BCUT2D eigenvalue weighted by Gasteiger charge is -2.37. The van der Waals surface area contributed by atoms with E-state index in [0.717, 1.165) is 0 Å². The van der Waals surface area contributed by atoms with E-state index in [1.165, 1.54) is 5.56 Å². The molecule has 1 aromatic rings. The third kappa shape index (κ3) is 0.998. The number of carbonyl (C=O) groups excluding carboxylic acids is 1. The smallest absolute Gasteiger partial charge is 0.225 e. The first-order valence-corrected chi connectivity index (χ1v) is 4.09. The Hall–Kier alpha value is -1.31. The molecule has 0 spiro atoms. The lowest BCUT2D eigenvalue weighted by molar-refractivity contribution is -0.143. The minimum atomic E-state index is 0.240. The van der Waals surface area contributed by atoms with Gasteiger partial charge in [-0.3, -0.25) is 4.79 Å². The van der Waals surface area contributed by atoms with E-state index in [2.05, 4.69) is 12.1 Å². The van der Waals surface area contributed by atoms with Gasteiger partial charge in [0.2, 0.25) is 5.91 Å².